The number of hydrogen-bond acceptors (Lipinski definition) is 3. The number of rotatable bonds is 7. The second-order valence-corrected chi connectivity index (χ2v) is 8.76. The second-order valence-electron chi connectivity index (χ2n) is 8.76. The van der Waals surface area contributed by atoms with Crippen molar-refractivity contribution in [3.63, 3.8) is 0 Å². The van der Waals surface area contributed by atoms with Gasteiger partial charge in [-0.05, 0) is 30.4 Å². The minimum Gasteiger partial charge on any atom is -0.350 e. The smallest absolute Gasteiger partial charge is 0.315 e. The average Bonchev–Trinajstić information content (AvgIpc) is 3.44. The van der Waals surface area contributed by atoms with E-state index in [4.69, 9.17) is 0 Å². The number of amides is 3. The number of nitrogens with zero attached hydrogens (tertiary/aromatic N) is 1. The van der Waals surface area contributed by atoms with Crippen LogP contribution in [0.3, 0.4) is 0 Å². The van der Waals surface area contributed by atoms with E-state index in [1.165, 1.54) is 5.56 Å². The maximum Gasteiger partial charge on any atom is 0.315 e. The fraction of sp³-hybridized carbons (Fsp3) is 0.440. The number of urea groups is 1. The van der Waals surface area contributed by atoms with Gasteiger partial charge in [-0.15, -0.1) is 0 Å². The van der Waals surface area contributed by atoms with Gasteiger partial charge in [0.1, 0.15) is 5.54 Å². The highest BCUT2D eigenvalue weighted by Crippen LogP contribution is 2.30. The van der Waals surface area contributed by atoms with Crippen LogP contribution in [0.15, 0.2) is 60.7 Å². The van der Waals surface area contributed by atoms with Crippen LogP contribution in [0.25, 0.3) is 0 Å². The zero-order chi connectivity index (χ0) is 21.5. The maximum atomic E-state index is 13.2. The lowest BCUT2D eigenvalue weighted by molar-refractivity contribution is -0.127. The maximum absolute atomic E-state index is 13.2. The summed E-state index contributed by atoms with van der Waals surface area (Å²) in [4.78, 5) is 28.2. The molecule has 1 aliphatic carbocycles. The molecule has 1 unspecified atom stereocenters. The molecule has 6 heteroatoms. The van der Waals surface area contributed by atoms with Crippen molar-refractivity contribution in [2.45, 2.75) is 56.8 Å². The Bertz CT molecular complexity index is 866. The number of carbonyl (C=O) groups is 2. The van der Waals surface area contributed by atoms with Gasteiger partial charge in [-0.3, -0.25) is 9.69 Å². The minimum atomic E-state index is -0.798. The number of benzene rings is 2. The van der Waals surface area contributed by atoms with Crippen molar-refractivity contribution in [2.75, 3.05) is 13.1 Å². The Morgan fingerprint density at radius 2 is 1.58 bits per heavy atom. The molecule has 1 saturated heterocycles. The SMILES string of the molecule is O=C(NCc1ccccc1)NC1(C(=O)NC2CCN(Cc3ccccc3)C2)CCCC1. The summed E-state index contributed by atoms with van der Waals surface area (Å²) in [6.07, 6.45) is 4.24. The summed E-state index contributed by atoms with van der Waals surface area (Å²) >= 11 is 0. The second kappa shape index (κ2) is 9.96. The predicted molar refractivity (Wildman–Crippen MR) is 121 cm³/mol. The quantitative estimate of drug-likeness (QED) is 0.644. The lowest BCUT2D eigenvalue weighted by Gasteiger charge is -2.30. The number of likely N-dealkylation sites (tertiary alicyclic amines) is 1. The molecule has 0 spiro atoms. The van der Waals surface area contributed by atoms with Gasteiger partial charge in [0.2, 0.25) is 5.91 Å². The summed E-state index contributed by atoms with van der Waals surface area (Å²) in [5.41, 5.74) is 1.53. The largest absolute Gasteiger partial charge is 0.350 e. The molecule has 1 aliphatic heterocycles. The molecule has 1 atom stereocenters. The fourth-order valence-electron chi connectivity index (χ4n) is 4.69. The third-order valence-electron chi connectivity index (χ3n) is 6.40. The molecule has 1 saturated carbocycles. The van der Waals surface area contributed by atoms with Crippen molar-refractivity contribution in [2.24, 2.45) is 0 Å². The van der Waals surface area contributed by atoms with E-state index in [0.717, 1.165) is 44.5 Å². The number of carbonyl (C=O) groups excluding carboxylic acids is 2. The zero-order valence-electron chi connectivity index (χ0n) is 18.0. The van der Waals surface area contributed by atoms with Gasteiger partial charge in [0.15, 0.2) is 0 Å². The first kappa shape index (κ1) is 21.4. The van der Waals surface area contributed by atoms with E-state index < -0.39 is 5.54 Å². The summed E-state index contributed by atoms with van der Waals surface area (Å²) in [6, 6.07) is 20.1. The molecular weight excluding hydrogens is 388 g/mol. The average molecular weight is 421 g/mol. The van der Waals surface area contributed by atoms with Crippen LogP contribution in [0.5, 0.6) is 0 Å². The third kappa shape index (κ3) is 5.64. The van der Waals surface area contributed by atoms with Gasteiger partial charge in [-0.2, -0.15) is 0 Å². The van der Waals surface area contributed by atoms with Crippen LogP contribution in [0.4, 0.5) is 4.79 Å². The van der Waals surface area contributed by atoms with Gasteiger partial charge in [0, 0.05) is 32.2 Å². The van der Waals surface area contributed by atoms with Gasteiger partial charge in [-0.25, -0.2) is 4.79 Å². The molecule has 3 N–H and O–H groups in total. The highest BCUT2D eigenvalue weighted by atomic mass is 16.2. The first-order valence-corrected chi connectivity index (χ1v) is 11.3. The predicted octanol–water partition coefficient (Wildman–Crippen LogP) is 3.19. The first-order valence-electron chi connectivity index (χ1n) is 11.3. The molecule has 2 aromatic carbocycles. The van der Waals surface area contributed by atoms with Crippen LogP contribution >= 0.6 is 0 Å². The van der Waals surface area contributed by atoms with Gasteiger partial charge in [0.25, 0.3) is 0 Å². The Kier molecular flexibility index (Phi) is 6.87. The highest BCUT2D eigenvalue weighted by Gasteiger charge is 2.43. The van der Waals surface area contributed by atoms with Crippen molar-refractivity contribution in [3.05, 3.63) is 71.8 Å². The Labute approximate surface area is 184 Å². The molecular formula is C25H32N4O2. The zero-order valence-corrected chi connectivity index (χ0v) is 18.0. The monoisotopic (exact) mass is 420 g/mol. The molecule has 2 aliphatic rings. The fourth-order valence-corrected chi connectivity index (χ4v) is 4.69. The summed E-state index contributed by atoms with van der Waals surface area (Å²) in [5.74, 6) is -0.0357. The summed E-state index contributed by atoms with van der Waals surface area (Å²) < 4.78 is 0. The first-order chi connectivity index (χ1) is 15.1. The highest BCUT2D eigenvalue weighted by molar-refractivity contribution is 5.91. The number of hydrogen-bond donors (Lipinski definition) is 3. The molecule has 3 amide bonds. The molecule has 4 rings (SSSR count). The van der Waals surface area contributed by atoms with Crippen LogP contribution in [-0.2, 0) is 17.9 Å². The lowest BCUT2D eigenvalue weighted by atomic mass is 9.96. The molecule has 0 bridgehead atoms. The van der Waals surface area contributed by atoms with E-state index >= 15 is 0 Å². The van der Waals surface area contributed by atoms with E-state index in [-0.39, 0.29) is 18.0 Å². The Hall–Kier alpha value is -2.86. The molecule has 2 aromatic rings. The Morgan fingerprint density at radius 1 is 0.935 bits per heavy atom. The van der Waals surface area contributed by atoms with E-state index in [0.29, 0.717) is 19.4 Å². The molecule has 0 aromatic heterocycles. The molecule has 6 nitrogen and oxygen atoms in total. The van der Waals surface area contributed by atoms with Crippen molar-refractivity contribution >= 4 is 11.9 Å². The van der Waals surface area contributed by atoms with E-state index in [2.05, 4.69) is 45.1 Å². The van der Waals surface area contributed by atoms with E-state index in [1.807, 2.05) is 36.4 Å². The summed E-state index contributed by atoms with van der Waals surface area (Å²) in [7, 11) is 0. The van der Waals surface area contributed by atoms with Gasteiger partial charge >= 0.3 is 6.03 Å². The normalized spacial score (nSPS) is 20.3. The van der Waals surface area contributed by atoms with Crippen LogP contribution < -0.4 is 16.0 Å². The van der Waals surface area contributed by atoms with Crippen LogP contribution in [0, 0.1) is 0 Å². The Balaban J connectivity index is 1.29. The van der Waals surface area contributed by atoms with Crippen molar-refractivity contribution < 1.29 is 9.59 Å². The van der Waals surface area contributed by atoms with E-state index in [9.17, 15) is 9.59 Å². The van der Waals surface area contributed by atoms with Crippen LogP contribution in [-0.4, -0.2) is 41.5 Å². The molecule has 164 valence electrons. The van der Waals surface area contributed by atoms with Gasteiger partial charge < -0.3 is 16.0 Å². The number of nitrogens with one attached hydrogen (secondary N) is 3. The summed E-state index contributed by atoms with van der Waals surface area (Å²) in [5, 5.41) is 9.14. The molecule has 1 heterocycles. The lowest BCUT2D eigenvalue weighted by Crippen LogP contribution is -2.60. The van der Waals surface area contributed by atoms with Gasteiger partial charge in [-0.1, -0.05) is 73.5 Å². The third-order valence-corrected chi connectivity index (χ3v) is 6.40. The molecule has 31 heavy (non-hydrogen) atoms. The van der Waals surface area contributed by atoms with Crippen molar-refractivity contribution in [1.29, 1.82) is 0 Å². The summed E-state index contributed by atoms with van der Waals surface area (Å²) in [6.45, 7) is 3.16. The van der Waals surface area contributed by atoms with E-state index in [1.54, 1.807) is 0 Å². The minimum absolute atomic E-state index is 0.0357. The standard InChI is InChI=1S/C25H32N4O2/c30-23(27-22-13-16-29(19-22)18-21-11-5-2-6-12-21)25(14-7-8-15-25)28-24(31)26-17-20-9-3-1-4-10-20/h1-6,9-12,22H,7-8,13-19H2,(H,27,30)(H2,26,28,31). The van der Waals surface area contributed by atoms with Crippen molar-refractivity contribution in [3.8, 4) is 0 Å². The van der Waals surface area contributed by atoms with Gasteiger partial charge in [0.05, 0.1) is 0 Å². The molecule has 0 radical (unpaired) electrons. The topological polar surface area (TPSA) is 73.5 Å². The van der Waals surface area contributed by atoms with Crippen molar-refractivity contribution in [1.82, 2.24) is 20.9 Å². The molecule has 2 fully saturated rings. The Morgan fingerprint density at radius 3 is 2.26 bits per heavy atom. The van der Waals surface area contributed by atoms with Crippen LogP contribution in [0.2, 0.25) is 0 Å². The van der Waals surface area contributed by atoms with Crippen LogP contribution in [0.1, 0.15) is 43.2 Å².